The zero-order valence-electron chi connectivity index (χ0n) is 26.2. The molecule has 2 heterocycles. The molecule has 0 saturated carbocycles. The number of benzene rings is 3. The maximum Gasteiger partial charge on any atom is 0.410 e. The summed E-state index contributed by atoms with van der Waals surface area (Å²) in [6, 6.07) is 22.1. The fraction of sp³-hybridized carbons (Fsp3) is 0.400. The number of hydrogen-bond acceptors (Lipinski definition) is 8. The van der Waals surface area contributed by atoms with Crippen LogP contribution in [0.5, 0.6) is 11.5 Å². The molecular formula is C35H40N4O7. The molecule has 0 N–H and O–H groups in total. The Hall–Kier alpha value is -4.70. The van der Waals surface area contributed by atoms with Crippen molar-refractivity contribution in [2.75, 3.05) is 52.0 Å². The smallest absolute Gasteiger partial charge is 0.410 e. The first-order valence-electron chi connectivity index (χ1n) is 15.4. The molecule has 0 bridgehead atoms. The Morgan fingerprint density at radius 1 is 1.02 bits per heavy atom. The molecule has 0 unspecified atom stereocenters. The molecule has 3 aromatic carbocycles. The maximum absolute atomic E-state index is 13.5. The van der Waals surface area contributed by atoms with Gasteiger partial charge in [-0.05, 0) is 53.8 Å². The lowest BCUT2D eigenvalue weighted by Gasteiger charge is -2.42. The Morgan fingerprint density at radius 2 is 1.83 bits per heavy atom. The second-order valence-corrected chi connectivity index (χ2v) is 11.3. The summed E-state index contributed by atoms with van der Waals surface area (Å²) in [5.74, 6) is 0.783. The monoisotopic (exact) mass is 628 g/mol. The number of ketones is 1. The van der Waals surface area contributed by atoms with E-state index in [-0.39, 0.29) is 32.1 Å². The van der Waals surface area contributed by atoms with E-state index in [1.54, 1.807) is 14.2 Å². The highest BCUT2D eigenvalue weighted by Crippen LogP contribution is 2.37. The van der Waals surface area contributed by atoms with Gasteiger partial charge in [-0.1, -0.05) is 48.5 Å². The van der Waals surface area contributed by atoms with Crippen molar-refractivity contribution < 1.29 is 38.1 Å². The van der Waals surface area contributed by atoms with Crippen LogP contribution in [-0.2, 0) is 32.2 Å². The van der Waals surface area contributed by atoms with Crippen LogP contribution in [0.2, 0.25) is 0 Å². The summed E-state index contributed by atoms with van der Waals surface area (Å²) in [5, 5.41) is 0. The number of carbonyl (C=O) groups is 2. The van der Waals surface area contributed by atoms with Crippen molar-refractivity contribution in [1.82, 2.24) is 4.90 Å². The zero-order valence-corrected chi connectivity index (χ0v) is 26.2. The van der Waals surface area contributed by atoms with Gasteiger partial charge in [0.15, 0.2) is 0 Å². The van der Waals surface area contributed by atoms with Gasteiger partial charge in [0.25, 0.3) is 5.78 Å². The molecule has 1 amide bonds. The number of ether oxygens (including phenoxy) is 5. The number of likely N-dealkylation sites (tertiary alicyclic amines) is 1. The maximum atomic E-state index is 13.5. The molecule has 5 rings (SSSR count). The zero-order chi connectivity index (χ0) is 32.3. The van der Waals surface area contributed by atoms with Crippen LogP contribution >= 0.6 is 0 Å². The lowest BCUT2D eigenvalue weighted by molar-refractivity contribution is -0.124. The van der Waals surface area contributed by atoms with Crippen molar-refractivity contribution in [3.05, 3.63) is 95.0 Å². The van der Waals surface area contributed by atoms with Crippen molar-refractivity contribution in [2.45, 2.75) is 44.1 Å². The summed E-state index contributed by atoms with van der Waals surface area (Å²) in [6.07, 6.45) is 0.861. The van der Waals surface area contributed by atoms with Gasteiger partial charge in [0.05, 0.1) is 38.6 Å². The van der Waals surface area contributed by atoms with Crippen LogP contribution in [0.4, 0.5) is 10.5 Å². The predicted molar refractivity (Wildman–Crippen MR) is 171 cm³/mol. The molecule has 3 aromatic rings. The second-order valence-electron chi connectivity index (χ2n) is 11.3. The molecule has 242 valence electrons. The molecule has 46 heavy (non-hydrogen) atoms. The second kappa shape index (κ2) is 16.0. The van der Waals surface area contributed by atoms with Crippen molar-refractivity contribution >= 4 is 23.8 Å². The SMILES string of the molecule is COCCCN1CCOc2ccc(CO[C@H]3CN(C(=O)OCc4ccccc4)[C@H](C(=O)C=[N+]=[N-])C[C@@H]3c3ccc(OC)cc3)cc21. The highest BCUT2D eigenvalue weighted by atomic mass is 16.6. The molecule has 0 radical (unpaired) electrons. The van der Waals surface area contributed by atoms with Crippen molar-refractivity contribution in [1.29, 1.82) is 0 Å². The van der Waals surface area contributed by atoms with Gasteiger partial charge in [-0.3, -0.25) is 9.69 Å². The number of nitrogens with zero attached hydrogens (tertiary/aromatic N) is 4. The van der Waals surface area contributed by atoms with Gasteiger partial charge in [-0.15, -0.1) is 0 Å². The molecule has 1 fully saturated rings. The van der Waals surface area contributed by atoms with Crippen LogP contribution in [0.1, 0.15) is 35.4 Å². The van der Waals surface area contributed by atoms with Gasteiger partial charge in [-0.2, -0.15) is 4.79 Å². The molecule has 2 aliphatic heterocycles. The fourth-order valence-corrected chi connectivity index (χ4v) is 6.00. The number of anilines is 1. The Morgan fingerprint density at radius 3 is 2.57 bits per heavy atom. The van der Waals surface area contributed by atoms with Crippen molar-refractivity contribution in [3.8, 4) is 11.5 Å². The Balaban J connectivity index is 1.39. The minimum Gasteiger partial charge on any atom is -0.497 e. The highest BCUT2D eigenvalue weighted by molar-refractivity contribution is 6.28. The summed E-state index contributed by atoms with van der Waals surface area (Å²) >= 11 is 0. The minimum atomic E-state index is -0.910. The number of fused-ring (bicyclic) bond motifs is 1. The Labute approximate surface area is 269 Å². The first-order valence-corrected chi connectivity index (χ1v) is 15.4. The van der Waals surface area contributed by atoms with E-state index in [2.05, 4.69) is 15.8 Å². The van der Waals surface area contributed by atoms with Gasteiger partial charge in [-0.25, -0.2) is 4.79 Å². The summed E-state index contributed by atoms with van der Waals surface area (Å²) in [5.41, 5.74) is 12.9. The number of piperidine rings is 1. The van der Waals surface area contributed by atoms with E-state index in [0.717, 1.165) is 53.9 Å². The summed E-state index contributed by atoms with van der Waals surface area (Å²) in [4.78, 5) is 33.3. The van der Waals surface area contributed by atoms with Gasteiger partial charge in [0.1, 0.15) is 30.8 Å². The predicted octanol–water partition coefficient (Wildman–Crippen LogP) is 4.88. The molecular weight excluding hydrogens is 588 g/mol. The highest BCUT2D eigenvalue weighted by Gasteiger charge is 2.43. The van der Waals surface area contributed by atoms with Gasteiger partial charge >= 0.3 is 12.3 Å². The molecule has 0 aromatic heterocycles. The van der Waals surface area contributed by atoms with Crippen LogP contribution in [0.25, 0.3) is 5.53 Å². The first kappa shape index (κ1) is 32.7. The Bertz CT molecular complexity index is 1510. The third kappa shape index (κ3) is 8.11. The van der Waals surface area contributed by atoms with Crippen molar-refractivity contribution in [3.63, 3.8) is 0 Å². The number of hydrogen-bond donors (Lipinski definition) is 0. The quantitative estimate of drug-likeness (QED) is 0.114. The number of carbonyl (C=O) groups excluding carboxylic acids is 2. The van der Waals surface area contributed by atoms with Gasteiger partial charge < -0.3 is 34.1 Å². The number of amides is 1. The third-order valence-corrected chi connectivity index (χ3v) is 8.40. The fourth-order valence-electron chi connectivity index (χ4n) is 6.00. The van der Waals surface area contributed by atoms with Gasteiger partial charge in [0.2, 0.25) is 0 Å². The normalized spacial score (nSPS) is 19.0. The van der Waals surface area contributed by atoms with E-state index in [4.69, 9.17) is 29.2 Å². The van der Waals surface area contributed by atoms with Crippen LogP contribution < -0.4 is 14.4 Å². The molecule has 2 aliphatic rings. The standard InChI is InChI=1S/C35H40N4O7/c1-42-17-6-15-38-16-18-44-33-14-9-26(19-31(33)38)24-45-34-22-39(35(41)46-23-25-7-4-3-5-8-25)30(32(40)21-37-36)20-29(34)27-10-12-28(43-2)13-11-27/h3-5,7-14,19,21,29-30,34H,6,15-18,20,22-24H2,1-2H3/t29-,30+,34+/m1/s1. The van der Waals surface area contributed by atoms with E-state index < -0.39 is 24.0 Å². The average Bonchev–Trinajstić information content (AvgIpc) is 3.10. The summed E-state index contributed by atoms with van der Waals surface area (Å²) < 4.78 is 28.8. The van der Waals surface area contributed by atoms with E-state index in [9.17, 15) is 9.59 Å². The molecule has 0 spiro atoms. The molecule has 1 saturated heterocycles. The summed E-state index contributed by atoms with van der Waals surface area (Å²) in [7, 11) is 3.31. The van der Waals surface area contributed by atoms with Gasteiger partial charge in [0, 0.05) is 26.2 Å². The van der Waals surface area contributed by atoms with E-state index >= 15 is 0 Å². The van der Waals surface area contributed by atoms with E-state index in [1.807, 2.05) is 66.7 Å². The molecule has 3 atom stereocenters. The molecule has 11 nitrogen and oxygen atoms in total. The van der Waals surface area contributed by atoms with Crippen LogP contribution in [0, 0.1) is 0 Å². The lowest BCUT2D eigenvalue weighted by atomic mass is 9.82. The topological polar surface area (TPSA) is 123 Å². The average molecular weight is 629 g/mol. The number of methoxy groups -OCH3 is 2. The summed E-state index contributed by atoms with van der Waals surface area (Å²) in [6.45, 7) is 3.37. The molecule has 0 aliphatic carbocycles. The lowest BCUT2D eigenvalue weighted by Crippen LogP contribution is -2.55. The van der Waals surface area contributed by atoms with E-state index in [1.165, 1.54) is 4.90 Å². The first-order chi connectivity index (χ1) is 22.5. The Kier molecular flexibility index (Phi) is 11.4. The third-order valence-electron chi connectivity index (χ3n) is 8.40. The minimum absolute atomic E-state index is 0.0523. The van der Waals surface area contributed by atoms with E-state index in [0.29, 0.717) is 19.0 Å². The van der Waals surface area contributed by atoms with Crippen molar-refractivity contribution in [2.24, 2.45) is 0 Å². The number of Topliss-reactive ketones (excluding diaryl/α,β-unsaturated/α-hetero) is 1. The van der Waals surface area contributed by atoms with Crippen LogP contribution in [0.3, 0.4) is 0 Å². The largest absolute Gasteiger partial charge is 0.497 e. The number of rotatable bonds is 13. The molecule has 11 heteroatoms. The van der Waals surface area contributed by atoms with Crippen LogP contribution in [0.15, 0.2) is 72.8 Å². The van der Waals surface area contributed by atoms with Crippen LogP contribution in [-0.4, -0.2) is 87.0 Å².